The summed E-state index contributed by atoms with van der Waals surface area (Å²) in [6, 6.07) is 20.3. The average molecular weight is 357 g/mol. The van der Waals surface area contributed by atoms with E-state index in [9.17, 15) is 0 Å². The highest BCUT2D eigenvalue weighted by Gasteiger charge is 2.24. The van der Waals surface area contributed by atoms with E-state index in [2.05, 4.69) is 71.0 Å². The van der Waals surface area contributed by atoms with Gasteiger partial charge >= 0.3 is 0 Å². The second kappa shape index (κ2) is 7.36. The van der Waals surface area contributed by atoms with E-state index < -0.39 is 0 Å². The van der Waals surface area contributed by atoms with E-state index >= 15 is 0 Å². The summed E-state index contributed by atoms with van der Waals surface area (Å²) in [5, 5.41) is 5.17. The molecule has 2 aliphatic rings. The lowest BCUT2D eigenvalue weighted by Gasteiger charge is -2.28. The van der Waals surface area contributed by atoms with E-state index in [-0.39, 0.29) is 0 Å². The fourth-order valence-corrected chi connectivity index (χ4v) is 4.99. The number of aromatic amines is 1. The number of rotatable bonds is 4. The molecule has 1 aliphatic carbocycles. The van der Waals surface area contributed by atoms with Crippen LogP contribution in [0.3, 0.4) is 0 Å². The number of H-pyrrole nitrogens is 1. The quantitative estimate of drug-likeness (QED) is 0.635. The lowest BCUT2D eigenvalue weighted by Crippen LogP contribution is -2.33. The van der Waals surface area contributed by atoms with Crippen molar-refractivity contribution < 1.29 is 0 Å². The molecule has 27 heavy (non-hydrogen) atoms. The topological polar surface area (TPSA) is 27.8 Å². The molecule has 2 heterocycles. The zero-order valence-corrected chi connectivity index (χ0v) is 15.9. The summed E-state index contributed by atoms with van der Waals surface area (Å²) in [6.07, 6.45) is 9.92. The summed E-state index contributed by atoms with van der Waals surface area (Å²) in [6.45, 7) is 1.01. The number of aromatic nitrogens is 1. The van der Waals surface area contributed by atoms with Gasteiger partial charge in [-0.1, -0.05) is 54.6 Å². The number of hydrogen-bond acceptors (Lipinski definition) is 1. The molecule has 0 saturated heterocycles. The molecule has 2 heteroatoms. The van der Waals surface area contributed by atoms with Gasteiger partial charge in [-0.25, -0.2) is 0 Å². The predicted molar refractivity (Wildman–Crippen MR) is 114 cm³/mol. The highest BCUT2D eigenvalue weighted by molar-refractivity contribution is 5.84. The Kier molecular flexibility index (Phi) is 4.59. The molecule has 1 aliphatic heterocycles. The first-order valence-electron chi connectivity index (χ1n) is 10.4. The van der Waals surface area contributed by atoms with Crippen LogP contribution in [0.15, 0.2) is 60.7 Å². The molecule has 0 bridgehead atoms. The first-order chi connectivity index (χ1) is 13.4. The molecule has 1 aromatic heterocycles. The number of para-hydroxylation sites is 1. The minimum atomic E-state index is 0.620. The van der Waals surface area contributed by atoms with Crippen molar-refractivity contribution in [3.8, 4) is 0 Å². The third-order valence-corrected chi connectivity index (χ3v) is 6.49. The molecular formula is C25H28N2. The van der Waals surface area contributed by atoms with Gasteiger partial charge in [-0.05, 0) is 67.2 Å². The Morgan fingerprint density at radius 1 is 0.889 bits per heavy atom. The zero-order valence-electron chi connectivity index (χ0n) is 15.9. The van der Waals surface area contributed by atoms with Crippen molar-refractivity contribution in [2.45, 2.75) is 44.6 Å². The van der Waals surface area contributed by atoms with Crippen LogP contribution >= 0.6 is 0 Å². The summed E-state index contributed by atoms with van der Waals surface area (Å²) in [4.78, 5) is 3.65. The van der Waals surface area contributed by atoms with Crippen LogP contribution in [0, 0.1) is 5.92 Å². The summed E-state index contributed by atoms with van der Waals surface area (Å²) >= 11 is 0. The molecule has 2 atom stereocenters. The number of hydrogen-bond donors (Lipinski definition) is 2. The van der Waals surface area contributed by atoms with E-state index in [1.165, 1.54) is 59.8 Å². The number of aryl methyl sites for hydroxylation is 1. The average Bonchev–Trinajstić information content (AvgIpc) is 3.11. The van der Waals surface area contributed by atoms with Gasteiger partial charge in [0.2, 0.25) is 0 Å². The number of benzene rings is 2. The minimum absolute atomic E-state index is 0.620. The SMILES string of the molecule is C1=C(c2ccccc2)CC(CCC2CCc3[nH]c4ccccc4c3C2)NC1. The molecule has 0 saturated carbocycles. The molecule has 2 N–H and O–H groups in total. The Morgan fingerprint density at radius 3 is 2.67 bits per heavy atom. The predicted octanol–water partition coefficient (Wildman–Crippen LogP) is 5.50. The highest BCUT2D eigenvalue weighted by Crippen LogP contribution is 2.34. The highest BCUT2D eigenvalue weighted by atomic mass is 14.9. The van der Waals surface area contributed by atoms with Gasteiger partial charge in [-0.2, -0.15) is 0 Å². The maximum Gasteiger partial charge on any atom is 0.0458 e. The Hall–Kier alpha value is -2.32. The van der Waals surface area contributed by atoms with Crippen LogP contribution in [0.5, 0.6) is 0 Å². The van der Waals surface area contributed by atoms with Crippen molar-refractivity contribution >= 4 is 16.5 Å². The van der Waals surface area contributed by atoms with E-state index in [1.54, 1.807) is 5.56 Å². The molecule has 0 amide bonds. The molecule has 138 valence electrons. The monoisotopic (exact) mass is 356 g/mol. The smallest absolute Gasteiger partial charge is 0.0458 e. The molecular weight excluding hydrogens is 328 g/mol. The van der Waals surface area contributed by atoms with Crippen molar-refractivity contribution in [1.29, 1.82) is 0 Å². The Bertz CT molecular complexity index is 951. The molecule has 0 radical (unpaired) electrons. The summed E-state index contributed by atoms with van der Waals surface area (Å²) in [7, 11) is 0. The maximum atomic E-state index is 3.72. The van der Waals surface area contributed by atoms with Crippen LogP contribution in [0.2, 0.25) is 0 Å². The van der Waals surface area contributed by atoms with Gasteiger partial charge in [0, 0.05) is 29.2 Å². The Balaban J connectivity index is 1.22. The first-order valence-corrected chi connectivity index (χ1v) is 10.4. The van der Waals surface area contributed by atoms with Crippen molar-refractivity contribution in [1.82, 2.24) is 10.3 Å². The minimum Gasteiger partial charge on any atom is -0.358 e. The van der Waals surface area contributed by atoms with Crippen LogP contribution < -0.4 is 5.32 Å². The normalized spacial score (nSPS) is 22.4. The maximum absolute atomic E-state index is 3.72. The summed E-state index contributed by atoms with van der Waals surface area (Å²) in [5.41, 5.74) is 7.29. The van der Waals surface area contributed by atoms with Gasteiger partial charge < -0.3 is 10.3 Å². The van der Waals surface area contributed by atoms with E-state index in [0.29, 0.717) is 6.04 Å². The fourth-order valence-electron chi connectivity index (χ4n) is 4.99. The van der Waals surface area contributed by atoms with Crippen molar-refractivity contribution in [3.05, 3.63) is 77.5 Å². The molecule has 2 nitrogen and oxygen atoms in total. The third-order valence-electron chi connectivity index (χ3n) is 6.49. The lowest BCUT2D eigenvalue weighted by atomic mass is 9.82. The summed E-state index contributed by atoms with van der Waals surface area (Å²) < 4.78 is 0. The second-order valence-corrected chi connectivity index (χ2v) is 8.22. The Morgan fingerprint density at radius 2 is 1.74 bits per heavy atom. The van der Waals surface area contributed by atoms with Gasteiger partial charge in [-0.15, -0.1) is 0 Å². The van der Waals surface area contributed by atoms with Crippen molar-refractivity contribution in [2.75, 3.05) is 6.54 Å². The van der Waals surface area contributed by atoms with Gasteiger partial charge in [0.1, 0.15) is 0 Å². The van der Waals surface area contributed by atoms with Gasteiger partial charge in [0.25, 0.3) is 0 Å². The number of nitrogens with one attached hydrogen (secondary N) is 2. The lowest BCUT2D eigenvalue weighted by molar-refractivity contribution is 0.374. The third kappa shape index (κ3) is 3.46. The van der Waals surface area contributed by atoms with Crippen LogP contribution in [0.25, 0.3) is 16.5 Å². The van der Waals surface area contributed by atoms with Gasteiger partial charge in [-0.3, -0.25) is 0 Å². The molecule has 3 aromatic rings. The van der Waals surface area contributed by atoms with E-state index in [4.69, 9.17) is 0 Å². The first kappa shape index (κ1) is 16.8. The van der Waals surface area contributed by atoms with Gasteiger partial charge in [0.05, 0.1) is 0 Å². The van der Waals surface area contributed by atoms with Gasteiger partial charge in [0.15, 0.2) is 0 Å². The standard InChI is InChI=1S/C25H28N2/c1-2-6-19(7-3-1)20-14-15-26-21(17-20)12-10-18-11-13-25-23(16-18)22-8-4-5-9-24(22)27-25/h1-9,14,18,21,26-27H,10-13,15-17H2. The zero-order chi connectivity index (χ0) is 18.1. The largest absolute Gasteiger partial charge is 0.358 e. The van der Waals surface area contributed by atoms with Crippen LogP contribution in [0.1, 0.15) is 42.5 Å². The Labute approximate surface area is 161 Å². The summed E-state index contributed by atoms with van der Waals surface area (Å²) in [5.74, 6) is 0.824. The second-order valence-electron chi connectivity index (χ2n) is 8.22. The van der Waals surface area contributed by atoms with Crippen molar-refractivity contribution in [2.24, 2.45) is 5.92 Å². The molecule has 2 unspecified atom stereocenters. The van der Waals surface area contributed by atoms with Crippen LogP contribution in [-0.2, 0) is 12.8 Å². The fraction of sp³-hybridized carbons (Fsp3) is 0.360. The number of fused-ring (bicyclic) bond motifs is 3. The molecule has 0 fully saturated rings. The van der Waals surface area contributed by atoms with Crippen LogP contribution in [-0.4, -0.2) is 17.6 Å². The van der Waals surface area contributed by atoms with Crippen LogP contribution in [0.4, 0.5) is 0 Å². The molecule has 2 aromatic carbocycles. The van der Waals surface area contributed by atoms with Crippen molar-refractivity contribution in [3.63, 3.8) is 0 Å². The molecule has 0 spiro atoms. The molecule has 5 rings (SSSR count). The van der Waals surface area contributed by atoms with E-state index in [0.717, 1.165) is 18.9 Å². The van der Waals surface area contributed by atoms with E-state index in [1.807, 2.05) is 0 Å².